The Hall–Kier alpha value is -3.83. The number of hydrogen-bond donors (Lipinski definition) is 1. The molecule has 0 bridgehead atoms. The van der Waals surface area contributed by atoms with Crippen LogP contribution in [0.15, 0.2) is 65.8 Å². The molecule has 5 rings (SSSR count). The first-order valence-corrected chi connectivity index (χ1v) is 14.0. The minimum atomic E-state index is -3.71. The Bertz CT molecular complexity index is 1590. The summed E-state index contributed by atoms with van der Waals surface area (Å²) >= 11 is 0. The van der Waals surface area contributed by atoms with E-state index in [1.807, 2.05) is 43.5 Å². The van der Waals surface area contributed by atoms with E-state index in [-0.39, 0.29) is 23.9 Å². The highest BCUT2D eigenvalue weighted by Gasteiger charge is 2.46. The summed E-state index contributed by atoms with van der Waals surface area (Å²) in [5, 5.41) is 22.5. The standard InChI is InChI=1S/C27H30N6O4S/c1-4-12-32(38(36,37)25-11-6-5-8-18(25)2)16-19-9-7-10-20(13-19)33-26(23(15-28-33)27(34)35)22-14-21(22)24-17-31(3)30-29-24/h5-11,13,15,17,21-22H,4,12,14,16H2,1-3H3,(H,34,35)/t21-,22-/m1/s1. The number of carbonyl (C=O) groups is 1. The van der Waals surface area contributed by atoms with Gasteiger partial charge in [0.2, 0.25) is 10.0 Å². The summed E-state index contributed by atoms with van der Waals surface area (Å²) in [5.74, 6) is -1.02. The predicted octanol–water partition coefficient (Wildman–Crippen LogP) is 3.88. The molecule has 198 valence electrons. The first kappa shape index (κ1) is 25.8. The number of nitrogens with zero attached hydrogens (tertiary/aromatic N) is 6. The SMILES string of the molecule is CCCN(Cc1cccc(-n2ncc(C(=O)O)c2[C@@H]2C[C@H]2c2cn(C)nn2)c1)S(=O)(=O)c1ccccc1C. The number of aryl methyl sites for hydroxylation is 2. The number of rotatable bonds is 10. The van der Waals surface area contributed by atoms with Gasteiger partial charge in [0, 0.05) is 38.2 Å². The van der Waals surface area contributed by atoms with Gasteiger partial charge in [-0.25, -0.2) is 17.9 Å². The molecule has 0 amide bonds. The van der Waals surface area contributed by atoms with Gasteiger partial charge in [-0.3, -0.25) is 4.68 Å². The van der Waals surface area contributed by atoms with E-state index in [1.165, 1.54) is 10.5 Å². The summed E-state index contributed by atoms with van der Waals surface area (Å²) < 4.78 is 31.9. The minimum Gasteiger partial charge on any atom is -0.478 e. The molecule has 4 aromatic rings. The topological polar surface area (TPSA) is 123 Å². The van der Waals surface area contributed by atoms with Crippen LogP contribution >= 0.6 is 0 Å². The Morgan fingerprint density at radius 3 is 2.63 bits per heavy atom. The lowest BCUT2D eigenvalue weighted by molar-refractivity contribution is 0.0695. The minimum absolute atomic E-state index is 0.0537. The smallest absolute Gasteiger partial charge is 0.339 e. The van der Waals surface area contributed by atoms with Crippen LogP contribution in [0.4, 0.5) is 0 Å². The summed E-state index contributed by atoms with van der Waals surface area (Å²) in [7, 11) is -1.91. The van der Waals surface area contributed by atoms with Gasteiger partial charge in [-0.2, -0.15) is 9.40 Å². The van der Waals surface area contributed by atoms with Gasteiger partial charge in [-0.15, -0.1) is 5.10 Å². The van der Waals surface area contributed by atoms with Crippen molar-refractivity contribution in [3.63, 3.8) is 0 Å². The van der Waals surface area contributed by atoms with Crippen molar-refractivity contribution in [1.29, 1.82) is 0 Å². The van der Waals surface area contributed by atoms with Crippen LogP contribution in [-0.2, 0) is 23.6 Å². The summed E-state index contributed by atoms with van der Waals surface area (Å²) in [6.07, 6.45) is 4.65. The van der Waals surface area contributed by atoms with Gasteiger partial charge in [-0.1, -0.05) is 42.5 Å². The zero-order valence-electron chi connectivity index (χ0n) is 21.5. The van der Waals surface area contributed by atoms with E-state index < -0.39 is 16.0 Å². The van der Waals surface area contributed by atoms with Crippen molar-refractivity contribution in [1.82, 2.24) is 29.1 Å². The van der Waals surface area contributed by atoms with Crippen molar-refractivity contribution in [2.45, 2.75) is 50.0 Å². The summed E-state index contributed by atoms with van der Waals surface area (Å²) in [4.78, 5) is 12.3. The van der Waals surface area contributed by atoms with Gasteiger partial charge in [-0.05, 0) is 49.1 Å². The Balaban J connectivity index is 1.47. The van der Waals surface area contributed by atoms with Crippen molar-refractivity contribution in [3.05, 3.63) is 89.0 Å². The van der Waals surface area contributed by atoms with Crippen molar-refractivity contribution in [2.24, 2.45) is 7.05 Å². The second-order valence-electron chi connectivity index (χ2n) is 9.70. The van der Waals surface area contributed by atoms with Crippen LogP contribution in [0.1, 0.15) is 64.5 Å². The normalized spacial score (nSPS) is 17.2. The lowest BCUT2D eigenvalue weighted by atomic mass is 10.1. The lowest BCUT2D eigenvalue weighted by Gasteiger charge is -2.23. The average molecular weight is 535 g/mol. The molecular weight excluding hydrogens is 504 g/mol. The molecule has 2 heterocycles. The molecule has 38 heavy (non-hydrogen) atoms. The zero-order chi connectivity index (χ0) is 27.0. The van der Waals surface area contributed by atoms with Crippen LogP contribution in [-0.4, -0.2) is 55.1 Å². The number of hydrogen-bond acceptors (Lipinski definition) is 6. The molecule has 1 aliphatic rings. The van der Waals surface area contributed by atoms with Gasteiger partial charge >= 0.3 is 5.97 Å². The third-order valence-electron chi connectivity index (χ3n) is 6.88. The van der Waals surface area contributed by atoms with E-state index in [0.29, 0.717) is 34.8 Å². The fourth-order valence-corrected chi connectivity index (χ4v) is 6.70. The van der Waals surface area contributed by atoms with E-state index in [2.05, 4.69) is 15.4 Å². The molecule has 1 aliphatic carbocycles. The quantitative estimate of drug-likeness (QED) is 0.327. The van der Waals surface area contributed by atoms with Crippen LogP contribution in [0.2, 0.25) is 0 Å². The maximum atomic E-state index is 13.5. The molecule has 0 saturated heterocycles. The van der Waals surface area contributed by atoms with E-state index in [0.717, 1.165) is 17.7 Å². The highest BCUT2D eigenvalue weighted by atomic mass is 32.2. The molecule has 0 unspecified atom stereocenters. The first-order valence-electron chi connectivity index (χ1n) is 12.5. The fraction of sp³-hybridized carbons (Fsp3) is 0.333. The monoisotopic (exact) mass is 534 g/mol. The van der Waals surface area contributed by atoms with Crippen molar-refractivity contribution >= 4 is 16.0 Å². The van der Waals surface area contributed by atoms with E-state index >= 15 is 0 Å². The summed E-state index contributed by atoms with van der Waals surface area (Å²) in [6.45, 7) is 4.30. The Kier molecular flexibility index (Phi) is 6.89. The Morgan fingerprint density at radius 2 is 1.95 bits per heavy atom. The van der Waals surface area contributed by atoms with Crippen molar-refractivity contribution < 1.29 is 18.3 Å². The molecule has 0 spiro atoms. The molecule has 2 aromatic heterocycles. The van der Waals surface area contributed by atoms with Crippen LogP contribution in [0, 0.1) is 6.92 Å². The Labute approximate surface area is 221 Å². The largest absolute Gasteiger partial charge is 0.478 e. The highest BCUT2D eigenvalue weighted by molar-refractivity contribution is 7.89. The predicted molar refractivity (Wildman–Crippen MR) is 141 cm³/mol. The van der Waals surface area contributed by atoms with Crippen LogP contribution < -0.4 is 0 Å². The van der Waals surface area contributed by atoms with E-state index in [9.17, 15) is 18.3 Å². The number of benzene rings is 2. The van der Waals surface area contributed by atoms with Crippen molar-refractivity contribution in [3.8, 4) is 5.69 Å². The van der Waals surface area contributed by atoms with Crippen LogP contribution in [0.5, 0.6) is 0 Å². The Morgan fingerprint density at radius 1 is 1.16 bits per heavy atom. The third-order valence-corrected chi connectivity index (χ3v) is 8.88. The maximum Gasteiger partial charge on any atom is 0.339 e. The number of aromatic carboxylic acids is 1. The second-order valence-corrected chi connectivity index (χ2v) is 11.6. The number of aromatic nitrogens is 5. The number of carboxylic acid groups (broad SMARTS) is 1. The van der Waals surface area contributed by atoms with Crippen molar-refractivity contribution in [2.75, 3.05) is 6.54 Å². The number of sulfonamides is 1. The molecule has 11 heteroatoms. The molecule has 2 aromatic carbocycles. The number of carboxylic acids is 1. The van der Waals surface area contributed by atoms with Crippen LogP contribution in [0.25, 0.3) is 5.69 Å². The lowest BCUT2D eigenvalue weighted by Crippen LogP contribution is -2.32. The summed E-state index contributed by atoms with van der Waals surface area (Å²) in [5.41, 5.74) is 3.76. The zero-order valence-corrected chi connectivity index (χ0v) is 22.3. The van der Waals surface area contributed by atoms with Gasteiger partial charge in [0.05, 0.1) is 28.2 Å². The first-order chi connectivity index (χ1) is 18.2. The molecular formula is C27H30N6O4S. The molecule has 0 aliphatic heterocycles. The fourth-order valence-electron chi connectivity index (χ4n) is 4.95. The van der Waals surface area contributed by atoms with E-state index in [4.69, 9.17) is 0 Å². The highest BCUT2D eigenvalue weighted by Crippen LogP contribution is 2.55. The maximum absolute atomic E-state index is 13.5. The molecule has 1 saturated carbocycles. The van der Waals surface area contributed by atoms with Crippen LogP contribution in [0.3, 0.4) is 0 Å². The molecule has 1 N–H and O–H groups in total. The van der Waals surface area contributed by atoms with E-state index in [1.54, 1.807) is 41.5 Å². The molecule has 2 atom stereocenters. The van der Waals surface area contributed by atoms with Gasteiger partial charge in [0.15, 0.2) is 0 Å². The summed E-state index contributed by atoms with van der Waals surface area (Å²) in [6, 6.07) is 14.4. The molecule has 1 fully saturated rings. The molecule has 10 nitrogen and oxygen atoms in total. The third kappa shape index (κ3) is 4.86. The van der Waals surface area contributed by atoms with Gasteiger partial charge in [0.1, 0.15) is 5.56 Å². The van der Waals surface area contributed by atoms with Gasteiger partial charge < -0.3 is 5.11 Å². The van der Waals surface area contributed by atoms with Gasteiger partial charge in [0.25, 0.3) is 0 Å². The second kappa shape index (κ2) is 10.1. The average Bonchev–Trinajstić information content (AvgIpc) is 3.33. The molecule has 0 radical (unpaired) electrons.